The topological polar surface area (TPSA) is 38.3 Å². The zero-order valence-electron chi connectivity index (χ0n) is 12.8. The van der Waals surface area contributed by atoms with Gasteiger partial charge in [0.05, 0.1) is 6.61 Å². The van der Waals surface area contributed by atoms with Gasteiger partial charge in [-0.1, -0.05) is 43.9 Å². The van der Waals surface area contributed by atoms with Crippen molar-refractivity contribution in [1.82, 2.24) is 0 Å². The molecule has 4 heteroatoms. The van der Waals surface area contributed by atoms with Gasteiger partial charge in [-0.25, -0.2) is 4.79 Å². The minimum Gasteiger partial charge on any atom is -0.464 e. The monoisotopic (exact) mass is 309 g/mol. The number of hydrogen-bond acceptors (Lipinski definition) is 3. The average Bonchev–Trinajstić information content (AvgIpc) is 2.47. The second-order valence-corrected chi connectivity index (χ2v) is 6.24. The molecule has 116 valence electrons. The predicted molar refractivity (Wildman–Crippen MR) is 86.7 cm³/mol. The van der Waals surface area contributed by atoms with Crippen molar-refractivity contribution in [3.63, 3.8) is 0 Å². The lowest BCUT2D eigenvalue weighted by molar-refractivity contribution is -0.150. The molecule has 0 aromatic heterocycles. The lowest BCUT2D eigenvalue weighted by atomic mass is 9.74. The molecular weight excluding hydrogens is 286 g/mol. The van der Waals surface area contributed by atoms with E-state index in [-0.39, 0.29) is 5.97 Å². The first kappa shape index (κ1) is 16.2. The highest BCUT2D eigenvalue weighted by atomic mass is 35.5. The van der Waals surface area contributed by atoms with E-state index in [1.165, 1.54) is 6.42 Å². The summed E-state index contributed by atoms with van der Waals surface area (Å²) in [7, 11) is 0. The van der Waals surface area contributed by atoms with Gasteiger partial charge < -0.3 is 10.1 Å². The minimum absolute atomic E-state index is 0.136. The lowest BCUT2D eigenvalue weighted by Gasteiger charge is -2.40. The Bertz CT molecular complexity index is 491. The third-order valence-electron chi connectivity index (χ3n) is 4.30. The number of halogens is 1. The normalized spacial score (nSPS) is 25.4. The van der Waals surface area contributed by atoms with E-state index < -0.39 is 5.54 Å². The summed E-state index contributed by atoms with van der Waals surface area (Å²) in [6, 6.07) is 7.53. The van der Waals surface area contributed by atoms with Gasteiger partial charge in [-0.15, -0.1) is 0 Å². The van der Waals surface area contributed by atoms with Gasteiger partial charge in [0.25, 0.3) is 0 Å². The summed E-state index contributed by atoms with van der Waals surface area (Å²) in [5.74, 6) is 0.429. The van der Waals surface area contributed by atoms with Gasteiger partial charge in [0.2, 0.25) is 0 Å². The molecule has 1 aromatic carbocycles. The van der Waals surface area contributed by atoms with E-state index >= 15 is 0 Å². The van der Waals surface area contributed by atoms with E-state index in [1.54, 1.807) is 0 Å². The van der Waals surface area contributed by atoms with Crippen LogP contribution in [0.1, 0.15) is 46.0 Å². The molecule has 1 saturated carbocycles. The minimum atomic E-state index is -0.611. The van der Waals surface area contributed by atoms with E-state index in [4.69, 9.17) is 16.3 Å². The first-order chi connectivity index (χ1) is 10.1. The van der Waals surface area contributed by atoms with Crippen LogP contribution in [0.15, 0.2) is 24.3 Å². The molecule has 21 heavy (non-hydrogen) atoms. The van der Waals surface area contributed by atoms with Crippen LogP contribution in [0.2, 0.25) is 5.02 Å². The number of anilines is 1. The van der Waals surface area contributed by atoms with Crippen molar-refractivity contribution in [3.8, 4) is 0 Å². The third kappa shape index (κ3) is 3.91. The molecule has 0 radical (unpaired) electrons. The Labute approximate surface area is 132 Å². The zero-order chi connectivity index (χ0) is 15.3. The summed E-state index contributed by atoms with van der Waals surface area (Å²) < 4.78 is 5.35. The molecule has 1 aliphatic carbocycles. The number of ether oxygens (including phenoxy) is 1. The molecule has 2 unspecified atom stereocenters. The molecule has 0 spiro atoms. The Morgan fingerprint density at radius 3 is 2.95 bits per heavy atom. The highest BCUT2D eigenvalue weighted by Gasteiger charge is 2.43. The van der Waals surface area contributed by atoms with E-state index in [2.05, 4.69) is 12.2 Å². The number of rotatable bonds is 5. The molecule has 0 bridgehead atoms. The molecule has 1 aromatic rings. The maximum atomic E-state index is 12.6. The van der Waals surface area contributed by atoms with Crippen molar-refractivity contribution in [2.75, 3.05) is 11.9 Å². The standard InChI is InChI=1S/C17H24ClNO2/c1-3-13-7-6-10-17(12-13,16(20)21-4-2)19-15-9-5-8-14(18)11-15/h5,8-9,11,13,19H,3-4,6-7,10,12H2,1-2H3. The maximum absolute atomic E-state index is 12.6. The molecule has 2 rings (SSSR count). The van der Waals surface area contributed by atoms with Gasteiger partial charge in [0.1, 0.15) is 5.54 Å². The number of hydrogen-bond donors (Lipinski definition) is 1. The van der Waals surface area contributed by atoms with Crippen LogP contribution in [0.3, 0.4) is 0 Å². The highest BCUT2D eigenvalue weighted by molar-refractivity contribution is 6.30. The third-order valence-corrected chi connectivity index (χ3v) is 4.54. The summed E-state index contributed by atoms with van der Waals surface area (Å²) in [4.78, 5) is 12.6. The van der Waals surface area contributed by atoms with Gasteiger partial charge >= 0.3 is 5.97 Å². The first-order valence-corrected chi connectivity index (χ1v) is 8.18. The molecule has 1 aliphatic rings. The first-order valence-electron chi connectivity index (χ1n) is 7.80. The van der Waals surface area contributed by atoms with Crippen molar-refractivity contribution in [2.24, 2.45) is 5.92 Å². The molecule has 0 saturated heterocycles. The molecule has 0 aliphatic heterocycles. The Kier molecular flexibility index (Phi) is 5.51. The van der Waals surface area contributed by atoms with E-state index in [9.17, 15) is 4.79 Å². The zero-order valence-corrected chi connectivity index (χ0v) is 13.6. The highest BCUT2D eigenvalue weighted by Crippen LogP contribution is 2.38. The number of benzene rings is 1. The van der Waals surface area contributed by atoms with Gasteiger partial charge in [0, 0.05) is 10.7 Å². The quantitative estimate of drug-likeness (QED) is 0.804. The van der Waals surface area contributed by atoms with Crippen molar-refractivity contribution < 1.29 is 9.53 Å². The summed E-state index contributed by atoms with van der Waals surface area (Å²) in [6.45, 7) is 4.45. The summed E-state index contributed by atoms with van der Waals surface area (Å²) in [5, 5.41) is 4.09. The molecule has 1 N–H and O–H groups in total. The summed E-state index contributed by atoms with van der Waals surface area (Å²) in [6.07, 6.45) is 4.97. The van der Waals surface area contributed by atoms with Crippen LogP contribution >= 0.6 is 11.6 Å². The Balaban J connectivity index is 2.25. The molecule has 0 heterocycles. The molecular formula is C17H24ClNO2. The Hall–Kier alpha value is -1.22. The maximum Gasteiger partial charge on any atom is 0.331 e. The molecule has 0 amide bonds. The fourth-order valence-corrected chi connectivity index (χ4v) is 3.39. The Morgan fingerprint density at radius 1 is 1.48 bits per heavy atom. The van der Waals surface area contributed by atoms with E-state index in [1.807, 2.05) is 31.2 Å². The predicted octanol–water partition coefficient (Wildman–Crippen LogP) is 4.65. The van der Waals surface area contributed by atoms with Crippen LogP contribution in [0.25, 0.3) is 0 Å². The lowest BCUT2D eigenvalue weighted by Crippen LogP contribution is -2.50. The largest absolute Gasteiger partial charge is 0.464 e. The van der Waals surface area contributed by atoms with Crippen LogP contribution in [0, 0.1) is 5.92 Å². The number of nitrogens with one attached hydrogen (secondary N) is 1. The van der Waals surface area contributed by atoms with Crippen LogP contribution in [0.4, 0.5) is 5.69 Å². The average molecular weight is 310 g/mol. The van der Waals surface area contributed by atoms with Crippen molar-refractivity contribution in [1.29, 1.82) is 0 Å². The Morgan fingerprint density at radius 2 is 2.29 bits per heavy atom. The van der Waals surface area contributed by atoms with Crippen molar-refractivity contribution in [3.05, 3.63) is 29.3 Å². The number of carbonyl (C=O) groups excluding carboxylic acids is 1. The van der Waals surface area contributed by atoms with Gasteiger partial charge in [-0.2, -0.15) is 0 Å². The molecule has 2 atom stereocenters. The number of carbonyl (C=O) groups is 1. The second-order valence-electron chi connectivity index (χ2n) is 5.81. The van der Waals surface area contributed by atoms with Crippen LogP contribution in [0.5, 0.6) is 0 Å². The van der Waals surface area contributed by atoms with Crippen LogP contribution in [-0.2, 0) is 9.53 Å². The van der Waals surface area contributed by atoms with Gasteiger partial charge in [0.15, 0.2) is 0 Å². The molecule has 3 nitrogen and oxygen atoms in total. The fraction of sp³-hybridized carbons (Fsp3) is 0.588. The van der Waals surface area contributed by atoms with Crippen molar-refractivity contribution >= 4 is 23.3 Å². The fourth-order valence-electron chi connectivity index (χ4n) is 3.20. The van der Waals surface area contributed by atoms with E-state index in [0.717, 1.165) is 31.4 Å². The summed E-state index contributed by atoms with van der Waals surface area (Å²) >= 11 is 6.05. The van der Waals surface area contributed by atoms with Crippen molar-refractivity contribution in [2.45, 2.75) is 51.5 Å². The number of esters is 1. The SMILES string of the molecule is CCOC(=O)C1(Nc2cccc(Cl)c2)CCCC(CC)C1. The van der Waals surface area contributed by atoms with Crippen LogP contribution < -0.4 is 5.32 Å². The van der Waals surface area contributed by atoms with Gasteiger partial charge in [-0.05, 0) is 43.9 Å². The second kappa shape index (κ2) is 7.17. The van der Waals surface area contributed by atoms with Gasteiger partial charge in [-0.3, -0.25) is 0 Å². The summed E-state index contributed by atoms with van der Waals surface area (Å²) in [5.41, 5.74) is 0.270. The van der Waals surface area contributed by atoms with Crippen LogP contribution in [-0.4, -0.2) is 18.1 Å². The smallest absolute Gasteiger partial charge is 0.331 e. The van der Waals surface area contributed by atoms with E-state index in [0.29, 0.717) is 17.5 Å². The molecule has 1 fully saturated rings.